The highest BCUT2D eigenvalue weighted by Gasteiger charge is 2.33. The van der Waals surface area contributed by atoms with E-state index in [1.807, 2.05) is 0 Å². The summed E-state index contributed by atoms with van der Waals surface area (Å²) in [5.41, 5.74) is 0.344. The van der Waals surface area contributed by atoms with Crippen LogP contribution in [0.1, 0.15) is 43.1 Å². The summed E-state index contributed by atoms with van der Waals surface area (Å²) in [6.07, 6.45) is 6.47. The van der Waals surface area contributed by atoms with E-state index in [0.29, 0.717) is 24.5 Å². The van der Waals surface area contributed by atoms with Gasteiger partial charge in [0.2, 0.25) is 0 Å². The van der Waals surface area contributed by atoms with Crippen LogP contribution in [-0.4, -0.2) is 39.9 Å². The molecule has 0 aliphatic heterocycles. The minimum atomic E-state index is -0.128. The Balaban J connectivity index is 2.01. The lowest BCUT2D eigenvalue weighted by Gasteiger charge is -2.20. The summed E-state index contributed by atoms with van der Waals surface area (Å²) < 4.78 is 0. The van der Waals surface area contributed by atoms with E-state index in [0.717, 1.165) is 25.8 Å². The molecule has 0 aromatic carbocycles. The molecule has 1 aromatic heterocycles. The highest BCUT2D eigenvalue weighted by molar-refractivity contribution is 5.92. The molecular formula is C14H19N5O. The van der Waals surface area contributed by atoms with Crippen molar-refractivity contribution in [2.75, 3.05) is 18.4 Å². The van der Waals surface area contributed by atoms with Crippen LogP contribution >= 0.6 is 0 Å². The quantitative estimate of drug-likeness (QED) is 0.819. The van der Waals surface area contributed by atoms with E-state index < -0.39 is 0 Å². The molecule has 1 N–H and O–H groups in total. The summed E-state index contributed by atoms with van der Waals surface area (Å²) in [6.45, 7) is 3.37. The Hall–Kier alpha value is -2.16. The molecule has 0 atom stereocenters. The van der Waals surface area contributed by atoms with Crippen LogP contribution in [0.25, 0.3) is 0 Å². The minimum Gasteiger partial charge on any atom is -0.369 e. The number of carbonyl (C=O) groups excluding carboxylic acids is 1. The van der Waals surface area contributed by atoms with Crippen LogP contribution in [0.15, 0.2) is 12.4 Å². The van der Waals surface area contributed by atoms with E-state index >= 15 is 0 Å². The first kappa shape index (κ1) is 14.3. The number of nitriles is 1. The van der Waals surface area contributed by atoms with Gasteiger partial charge in [-0.2, -0.15) is 5.26 Å². The van der Waals surface area contributed by atoms with E-state index in [4.69, 9.17) is 5.26 Å². The number of amides is 1. The van der Waals surface area contributed by atoms with E-state index in [9.17, 15) is 4.79 Å². The number of nitrogens with one attached hydrogen (secondary N) is 1. The van der Waals surface area contributed by atoms with Crippen molar-refractivity contribution in [2.45, 2.75) is 38.6 Å². The first-order valence-corrected chi connectivity index (χ1v) is 7.00. The molecule has 2 rings (SSSR count). The molecule has 1 fully saturated rings. The first-order chi connectivity index (χ1) is 9.76. The molecule has 106 valence electrons. The fraction of sp³-hybridized carbons (Fsp3) is 0.571. The molecule has 1 saturated carbocycles. The predicted molar refractivity (Wildman–Crippen MR) is 75.1 cm³/mol. The summed E-state index contributed by atoms with van der Waals surface area (Å²) in [6, 6.07) is 2.35. The Bertz CT molecular complexity index is 489. The molecule has 0 unspecified atom stereocenters. The lowest BCUT2D eigenvalue weighted by Crippen LogP contribution is -2.34. The van der Waals surface area contributed by atoms with Gasteiger partial charge in [-0.3, -0.25) is 4.79 Å². The van der Waals surface area contributed by atoms with Crippen LogP contribution in [0.4, 0.5) is 5.82 Å². The molecule has 1 heterocycles. The SMILES string of the molecule is CCCNc1cnc(C(=O)N(CCC#N)C2CC2)cn1. The molecular weight excluding hydrogens is 254 g/mol. The summed E-state index contributed by atoms with van der Waals surface area (Å²) in [5.74, 6) is 0.552. The minimum absolute atomic E-state index is 0.128. The molecule has 1 amide bonds. The molecule has 6 nitrogen and oxygen atoms in total. The summed E-state index contributed by atoms with van der Waals surface area (Å²) in [7, 11) is 0. The van der Waals surface area contributed by atoms with Gasteiger partial charge in [0, 0.05) is 19.1 Å². The van der Waals surface area contributed by atoms with E-state index in [-0.39, 0.29) is 11.9 Å². The third-order valence-corrected chi connectivity index (χ3v) is 3.14. The maximum atomic E-state index is 12.4. The van der Waals surface area contributed by atoms with Crippen LogP contribution in [-0.2, 0) is 0 Å². The average Bonchev–Trinajstić information content (AvgIpc) is 3.30. The van der Waals surface area contributed by atoms with Crippen LogP contribution in [0, 0.1) is 11.3 Å². The monoisotopic (exact) mass is 273 g/mol. The molecule has 1 aromatic rings. The van der Waals surface area contributed by atoms with Crippen molar-refractivity contribution < 1.29 is 4.79 Å². The van der Waals surface area contributed by atoms with Gasteiger partial charge in [-0.1, -0.05) is 6.92 Å². The number of anilines is 1. The second kappa shape index (κ2) is 6.85. The van der Waals surface area contributed by atoms with Gasteiger partial charge in [-0.05, 0) is 19.3 Å². The van der Waals surface area contributed by atoms with E-state index in [2.05, 4.69) is 28.3 Å². The van der Waals surface area contributed by atoms with E-state index in [1.165, 1.54) is 6.20 Å². The fourth-order valence-electron chi connectivity index (χ4n) is 1.94. The van der Waals surface area contributed by atoms with Gasteiger partial charge in [-0.25, -0.2) is 9.97 Å². The van der Waals surface area contributed by atoms with Gasteiger partial charge in [0.05, 0.1) is 24.9 Å². The van der Waals surface area contributed by atoms with Crippen molar-refractivity contribution in [3.05, 3.63) is 18.1 Å². The van der Waals surface area contributed by atoms with Crippen molar-refractivity contribution in [1.82, 2.24) is 14.9 Å². The number of hydrogen-bond donors (Lipinski definition) is 1. The smallest absolute Gasteiger partial charge is 0.274 e. The van der Waals surface area contributed by atoms with Crippen molar-refractivity contribution in [2.24, 2.45) is 0 Å². The molecule has 0 saturated heterocycles. The molecule has 0 spiro atoms. The molecule has 0 bridgehead atoms. The highest BCUT2D eigenvalue weighted by Crippen LogP contribution is 2.28. The number of carbonyl (C=O) groups is 1. The third-order valence-electron chi connectivity index (χ3n) is 3.14. The zero-order chi connectivity index (χ0) is 14.4. The maximum Gasteiger partial charge on any atom is 0.274 e. The van der Waals surface area contributed by atoms with Gasteiger partial charge < -0.3 is 10.2 Å². The second-order valence-corrected chi connectivity index (χ2v) is 4.85. The van der Waals surface area contributed by atoms with Crippen molar-refractivity contribution in [3.8, 4) is 6.07 Å². The lowest BCUT2D eigenvalue weighted by molar-refractivity contribution is 0.0740. The predicted octanol–water partition coefficient (Wildman–Crippen LogP) is 1.82. The largest absolute Gasteiger partial charge is 0.369 e. The molecule has 6 heteroatoms. The number of rotatable bonds is 7. The van der Waals surface area contributed by atoms with Gasteiger partial charge in [0.25, 0.3) is 5.91 Å². The zero-order valence-corrected chi connectivity index (χ0v) is 11.7. The number of hydrogen-bond acceptors (Lipinski definition) is 5. The highest BCUT2D eigenvalue weighted by atomic mass is 16.2. The fourth-order valence-corrected chi connectivity index (χ4v) is 1.94. The van der Waals surface area contributed by atoms with Crippen LogP contribution < -0.4 is 5.32 Å². The lowest BCUT2D eigenvalue weighted by atomic mass is 10.3. The van der Waals surface area contributed by atoms with Crippen molar-refractivity contribution in [1.29, 1.82) is 5.26 Å². The Kier molecular flexibility index (Phi) is 4.88. The topological polar surface area (TPSA) is 81.9 Å². The standard InChI is InChI=1S/C14H19N5O/c1-2-7-16-13-10-17-12(9-18-13)14(20)19(8-3-6-15)11-4-5-11/h9-11H,2-5,7-8H2,1H3,(H,16,18). The molecule has 1 aliphatic rings. The Morgan fingerprint density at radius 1 is 1.50 bits per heavy atom. The Labute approximate surface area is 118 Å². The normalized spacial score (nSPS) is 13.6. The van der Waals surface area contributed by atoms with Crippen molar-refractivity contribution >= 4 is 11.7 Å². The number of aromatic nitrogens is 2. The van der Waals surface area contributed by atoms with Crippen LogP contribution in [0.2, 0.25) is 0 Å². The first-order valence-electron chi connectivity index (χ1n) is 7.00. The molecule has 20 heavy (non-hydrogen) atoms. The van der Waals surface area contributed by atoms with E-state index in [1.54, 1.807) is 11.1 Å². The van der Waals surface area contributed by atoms with Gasteiger partial charge in [0.15, 0.2) is 0 Å². The summed E-state index contributed by atoms with van der Waals surface area (Å²) in [4.78, 5) is 22.5. The van der Waals surface area contributed by atoms with Crippen LogP contribution in [0.3, 0.4) is 0 Å². The second-order valence-electron chi connectivity index (χ2n) is 4.85. The summed E-state index contributed by atoms with van der Waals surface area (Å²) >= 11 is 0. The van der Waals surface area contributed by atoms with Gasteiger partial charge in [0.1, 0.15) is 11.5 Å². The third kappa shape index (κ3) is 3.67. The molecule has 1 aliphatic carbocycles. The summed E-state index contributed by atoms with van der Waals surface area (Å²) in [5, 5.41) is 11.8. The average molecular weight is 273 g/mol. The number of nitrogens with zero attached hydrogens (tertiary/aromatic N) is 4. The van der Waals surface area contributed by atoms with Gasteiger partial charge in [-0.15, -0.1) is 0 Å². The molecule has 0 radical (unpaired) electrons. The Morgan fingerprint density at radius 3 is 2.85 bits per heavy atom. The van der Waals surface area contributed by atoms with Crippen LogP contribution in [0.5, 0.6) is 0 Å². The maximum absolute atomic E-state index is 12.4. The van der Waals surface area contributed by atoms with Crippen molar-refractivity contribution in [3.63, 3.8) is 0 Å². The zero-order valence-electron chi connectivity index (χ0n) is 11.7. The van der Waals surface area contributed by atoms with Gasteiger partial charge >= 0.3 is 0 Å². The Morgan fingerprint density at radius 2 is 2.30 bits per heavy atom.